The monoisotopic (exact) mass is 466 g/mol. The molecule has 1 saturated carbocycles. The third-order valence-corrected chi connectivity index (χ3v) is 7.18. The van der Waals surface area contributed by atoms with Crippen molar-refractivity contribution in [1.29, 1.82) is 0 Å². The van der Waals surface area contributed by atoms with Crippen molar-refractivity contribution in [1.82, 2.24) is 9.97 Å². The fourth-order valence-corrected chi connectivity index (χ4v) is 5.46. The van der Waals surface area contributed by atoms with Crippen molar-refractivity contribution in [2.45, 2.75) is 56.7 Å². The summed E-state index contributed by atoms with van der Waals surface area (Å²) >= 11 is 0. The lowest BCUT2D eigenvalue weighted by molar-refractivity contribution is -0.909. The molecule has 8 nitrogen and oxygen atoms in total. The number of hydrogen-bond acceptors (Lipinski definition) is 6. The zero-order chi connectivity index (χ0) is 24.0. The number of esters is 1. The SMILES string of the molecule is C[N@@+]1(CC(=O)Nc2cnccn2)CCCC(OC(=O)C([O-])(c2ccccc2)C2CCCCC2)C1. The number of likely N-dealkylation sites (N-methyl/N-ethyl adjacent to an activating group) is 1. The molecule has 0 radical (unpaired) electrons. The normalized spacial score (nSPS) is 25.2. The van der Waals surface area contributed by atoms with Crippen LogP contribution < -0.4 is 10.4 Å². The van der Waals surface area contributed by atoms with E-state index in [1.54, 1.807) is 18.3 Å². The summed E-state index contributed by atoms with van der Waals surface area (Å²) in [5.41, 5.74) is -1.41. The van der Waals surface area contributed by atoms with Crippen molar-refractivity contribution in [3.63, 3.8) is 0 Å². The predicted molar refractivity (Wildman–Crippen MR) is 125 cm³/mol. The Morgan fingerprint density at radius 2 is 1.88 bits per heavy atom. The number of nitrogens with zero attached hydrogens (tertiary/aromatic N) is 3. The number of nitrogens with one attached hydrogen (secondary N) is 1. The number of amides is 1. The average Bonchev–Trinajstić information content (AvgIpc) is 2.85. The van der Waals surface area contributed by atoms with Gasteiger partial charge in [-0.15, -0.1) is 0 Å². The third kappa shape index (κ3) is 5.62. The molecule has 3 atom stereocenters. The Bertz CT molecular complexity index is 967. The summed E-state index contributed by atoms with van der Waals surface area (Å²) in [4.78, 5) is 34.1. The van der Waals surface area contributed by atoms with E-state index in [1.807, 2.05) is 25.2 Å². The van der Waals surface area contributed by atoms with Gasteiger partial charge in [0, 0.05) is 24.4 Å². The summed E-state index contributed by atoms with van der Waals surface area (Å²) in [5, 5.41) is 17.0. The molecule has 1 amide bonds. The molecule has 4 rings (SSSR count). The van der Waals surface area contributed by atoms with Crippen molar-refractivity contribution in [3.05, 3.63) is 54.5 Å². The molecule has 182 valence electrons. The zero-order valence-electron chi connectivity index (χ0n) is 19.8. The topological polar surface area (TPSA) is 104 Å². The highest BCUT2D eigenvalue weighted by Crippen LogP contribution is 2.39. The van der Waals surface area contributed by atoms with Crippen LogP contribution in [0, 0.1) is 5.92 Å². The second kappa shape index (κ2) is 10.6. The van der Waals surface area contributed by atoms with Crippen LogP contribution in [-0.4, -0.2) is 59.1 Å². The number of piperidine rings is 1. The van der Waals surface area contributed by atoms with Crippen LogP contribution in [0.25, 0.3) is 0 Å². The van der Waals surface area contributed by atoms with E-state index in [4.69, 9.17) is 4.74 Å². The first kappa shape index (κ1) is 24.3. The van der Waals surface area contributed by atoms with Gasteiger partial charge in [0.2, 0.25) is 0 Å². The number of benzene rings is 1. The van der Waals surface area contributed by atoms with E-state index in [1.165, 1.54) is 12.4 Å². The minimum Gasteiger partial charge on any atom is -0.837 e. The van der Waals surface area contributed by atoms with Crippen molar-refractivity contribution in [2.24, 2.45) is 5.92 Å². The number of hydrogen-bond donors (Lipinski definition) is 1. The molecule has 1 aliphatic carbocycles. The molecule has 1 N–H and O–H groups in total. The number of anilines is 1. The lowest BCUT2D eigenvalue weighted by atomic mass is 9.73. The molecule has 2 aliphatic rings. The molecule has 1 saturated heterocycles. The summed E-state index contributed by atoms with van der Waals surface area (Å²) in [6.45, 7) is 1.52. The quantitative estimate of drug-likeness (QED) is 0.496. The van der Waals surface area contributed by atoms with Gasteiger partial charge in [-0.1, -0.05) is 62.4 Å². The molecule has 1 aromatic carbocycles. The lowest BCUT2D eigenvalue weighted by Gasteiger charge is -2.48. The van der Waals surface area contributed by atoms with Gasteiger partial charge in [0.25, 0.3) is 5.91 Å². The van der Waals surface area contributed by atoms with Crippen LogP contribution in [0.5, 0.6) is 0 Å². The average molecular weight is 467 g/mol. The fourth-order valence-electron chi connectivity index (χ4n) is 5.46. The van der Waals surface area contributed by atoms with Crippen LogP contribution in [0.3, 0.4) is 0 Å². The van der Waals surface area contributed by atoms with Crippen LogP contribution in [0.2, 0.25) is 0 Å². The molecule has 2 aromatic rings. The minimum atomic E-state index is -1.90. The molecule has 0 spiro atoms. The van der Waals surface area contributed by atoms with Gasteiger partial charge in [-0.3, -0.25) is 14.6 Å². The number of carbonyl (C=O) groups is 2. The van der Waals surface area contributed by atoms with Crippen molar-refractivity contribution in [2.75, 3.05) is 32.0 Å². The van der Waals surface area contributed by atoms with Crippen LogP contribution in [0.4, 0.5) is 5.82 Å². The van der Waals surface area contributed by atoms with E-state index in [9.17, 15) is 14.7 Å². The first-order valence-electron chi connectivity index (χ1n) is 12.3. The second-order valence-corrected chi connectivity index (χ2v) is 9.93. The number of ether oxygens (including phenoxy) is 1. The van der Waals surface area contributed by atoms with E-state index in [-0.39, 0.29) is 18.4 Å². The van der Waals surface area contributed by atoms with Gasteiger partial charge >= 0.3 is 5.97 Å². The van der Waals surface area contributed by atoms with E-state index in [2.05, 4.69) is 15.3 Å². The number of carbonyl (C=O) groups excluding carboxylic acids is 2. The molecule has 2 unspecified atom stereocenters. The van der Waals surface area contributed by atoms with Gasteiger partial charge in [-0.05, 0) is 17.9 Å². The summed E-state index contributed by atoms with van der Waals surface area (Å²) in [6, 6.07) is 8.97. The summed E-state index contributed by atoms with van der Waals surface area (Å²) in [7, 11) is 1.99. The third-order valence-electron chi connectivity index (χ3n) is 7.18. The van der Waals surface area contributed by atoms with Crippen molar-refractivity contribution in [3.8, 4) is 0 Å². The highest BCUT2D eigenvalue weighted by molar-refractivity contribution is 5.90. The molecule has 8 heteroatoms. The van der Waals surface area contributed by atoms with Gasteiger partial charge in [0.1, 0.15) is 6.54 Å². The lowest BCUT2D eigenvalue weighted by Crippen LogP contribution is -2.59. The number of rotatable bonds is 7. The Hall–Kier alpha value is -2.84. The predicted octanol–water partition coefficient (Wildman–Crippen LogP) is 2.40. The van der Waals surface area contributed by atoms with E-state index >= 15 is 0 Å². The molecular formula is C26H34N4O4. The maximum absolute atomic E-state index is 14.2. The highest BCUT2D eigenvalue weighted by Gasteiger charge is 2.41. The second-order valence-electron chi connectivity index (χ2n) is 9.93. The van der Waals surface area contributed by atoms with Crippen LogP contribution in [0.15, 0.2) is 48.9 Å². The first-order chi connectivity index (χ1) is 16.4. The molecule has 1 aromatic heterocycles. The van der Waals surface area contributed by atoms with Gasteiger partial charge in [0.05, 0.1) is 19.8 Å². The van der Waals surface area contributed by atoms with Gasteiger partial charge in [0.15, 0.2) is 18.5 Å². The standard InChI is InChI=1S/C26H34N4O4/c1-30(19-24(31)29-23-17-27-14-15-28-23)16-8-13-22(18-30)34-25(32)26(33,20-9-4-2-5-10-20)21-11-6-3-7-12-21/h2,4-5,9-10,14-15,17,21-22H,3,6-8,11-13,16,18-19H2,1H3,(H,28,29,31)/t22?,26?,30-/m1/s1. The summed E-state index contributed by atoms with van der Waals surface area (Å²) in [5.74, 6) is -0.698. The maximum atomic E-state index is 14.2. The smallest absolute Gasteiger partial charge is 0.300 e. The first-order valence-corrected chi connectivity index (χ1v) is 12.3. The van der Waals surface area contributed by atoms with Crippen molar-refractivity contribution >= 4 is 17.7 Å². The zero-order valence-corrected chi connectivity index (χ0v) is 19.8. The van der Waals surface area contributed by atoms with Crippen molar-refractivity contribution < 1.29 is 23.9 Å². The minimum absolute atomic E-state index is 0.167. The molecule has 2 fully saturated rings. The van der Waals surface area contributed by atoms with Crippen LogP contribution in [0.1, 0.15) is 50.5 Å². The Morgan fingerprint density at radius 3 is 2.59 bits per heavy atom. The number of quaternary nitrogens is 1. The van der Waals surface area contributed by atoms with Gasteiger partial charge in [-0.25, -0.2) is 4.98 Å². The highest BCUT2D eigenvalue weighted by atomic mass is 16.6. The van der Waals surface area contributed by atoms with E-state index in [0.29, 0.717) is 28.8 Å². The molecule has 34 heavy (non-hydrogen) atoms. The molecule has 0 bridgehead atoms. The summed E-state index contributed by atoms with van der Waals surface area (Å²) in [6.07, 6.45) is 10.2. The molecular weight excluding hydrogens is 432 g/mol. The Balaban J connectivity index is 1.44. The molecule has 2 heterocycles. The summed E-state index contributed by atoms with van der Waals surface area (Å²) < 4.78 is 6.37. The van der Waals surface area contributed by atoms with E-state index in [0.717, 1.165) is 45.1 Å². The van der Waals surface area contributed by atoms with E-state index < -0.39 is 17.7 Å². The Kier molecular flexibility index (Phi) is 7.58. The fraction of sp³-hybridized carbons (Fsp3) is 0.538. The number of likely N-dealkylation sites (tertiary alicyclic amines) is 1. The molecule has 1 aliphatic heterocycles. The number of aromatic nitrogens is 2. The Labute approximate surface area is 201 Å². The largest absolute Gasteiger partial charge is 0.837 e. The maximum Gasteiger partial charge on any atom is 0.300 e. The Morgan fingerprint density at radius 1 is 1.12 bits per heavy atom. The van der Waals surface area contributed by atoms with Crippen LogP contribution >= 0.6 is 0 Å². The van der Waals surface area contributed by atoms with Gasteiger partial charge in [-0.2, -0.15) is 0 Å². The van der Waals surface area contributed by atoms with Crippen LogP contribution in [-0.2, 0) is 19.9 Å². The van der Waals surface area contributed by atoms with Gasteiger partial charge < -0.3 is 19.6 Å².